The molecule has 0 unspecified atom stereocenters. The molecule has 42 valence electrons. The molecule has 0 spiro atoms. The van der Waals surface area contributed by atoms with Crippen LogP contribution in [0.15, 0.2) is 0 Å². The van der Waals surface area contributed by atoms with Crippen molar-refractivity contribution in [3.63, 3.8) is 0 Å². The monoisotopic (exact) mass is 171 g/mol. The number of rotatable bonds is 0. The van der Waals surface area contributed by atoms with Crippen molar-refractivity contribution in [1.29, 1.82) is 0 Å². The molecule has 0 heterocycles. The first-order valence-electron chi connectivity index (χ1n) is 0.565. The predicted molar refractivity (Wildman–Crippen MR) is 34.5 cm³/mol. The number of hydrogen-bond acceptors (Lipinski definition) is 2. The fourth-order valence-corrected chi connectivity index (χ4v) is 0. The second-order valence-electron chi connectivity index (χ2n) is 0.238. The van der Waals surface area contributed by atoms with Crippen molar-refractivity contribution in [2.45, 2.75) is 0 Å². The summed E-state index contributed by atoms with van der Waals surface area (Å²) in [5, 5.41) is 13.6. The van der Waals surface area contributed by atoms with E-state index in [1.54, 1.807) is 0 Å². The van der Waals surface area contributed by atoms with Crippen molar-refractivity contribution in [2.75, 3.05) is 0 Å². The molecule has 0 aliphatic carbocycles. The second-order valence-corrected chi connectivity index (χ2v) is 0.238. The Bertz CT molecular complexity index is 37.9. The Morgan fingerprint density at radius 1 is 1.57 bits per heavy atom. The fourth-order valence-electron chi connectivity index (χ4n) is 0. The average Bonchev–Trinajstić information content (AvgIpc) is 0.811. The van der Waals surface area contributed by atoms with Gasteiger partial charge in [-0.05, 0) is 0 Å². The molecular weight excluding hydrogens is 165 g/mol. The normalized spacial score (nSPS) is 3.43. The van der Waals surface area contributed by atoms with E-state index in [0.29, 0.717) is 0 Å². The van der Waals surface area contributed by atoms with E-state index in [4.69, 9.17) is 15.3 Å². The molecule has 0 atom stereocenters. The van der Waals surface area contributed by atoms with Gasteiger partial charge in [0.1, 0.15) is 0 Å². The van der Waals surface area contributed by atoms with Crippen LogP contribution in [0.5, 0.6) is 0 Å². The molecule has 7 heavy (non-hydrogen) atoms. The zero-order valence-electron chi connectivity index (χ0n) is 2.12. The molecule has 0 saturated heterocycles. The van der Waals surface area contributed by atoms with Gasteiger partial charge in [-0.3, -0.25) is 0 Å². The van der Waals surface area contributed by atoms with Gasteiger partial charge in [0.15, 0.2) is 17.4 Å². The van der Waals surface area contributed by atoms with Gasteiger partial charge in [-0.2, -0.15) is 0 Å². The van der Waals surface area contributed by atoms with E-state index in [1.165, 1.54) is 0 Å². The third-order valence-corrected chi connectivity index (χ3v) is 0. The Kier molecular flexibility index (Phi) is 53.6. The fraction of sp³-hybridized carbons (Fsp3) is 0. The number of hydrogen-bond donors (Lipinski definition) is 1. The molecule has 0 aromatic carbocycles. The Hall–Kier alpha value is 1.28. The minimum absolute atomic E-state index is 0. The molecule has 0 amide bonds. The molecule has 0 fully saturated rings. The summed E-state index contributed by atoms with van der Waals surface area (Å²) in [6.45, 7) is 0. The molecule has 7 heteroatoms. The SMILES string of the molecule is Cl.O=[N+]([O-])O.[AlH3].[CaH2]. The molecule has 0 radical (unpaired) electrons. The summed E-state index contributed by atoms with van der Waals surface area (Å²) in [5.41, 5.74) is 0. The van der Waals surface area contributed by atoms with Gasteiger partial charge in [0.2, 0.25) is 0 Å². The maximum absolute atomic E-state index is 8.36. The van der Waals surface area contributed by atoms with E-state index >= 15 is 0 Å². The average molecular weight is 172 g/mol. The van der Waals surface area contributed by atoms with Crippen molar-refractivity contribution < 1.29 is 10.3 Å². The summed E-state index contributed by atoms with van der Waals surface area (Å²) in [5.74, 6) is 0. The molecule has 0 aromatic rings. The van der Waals surface area contributed by atoms with E-state index in [-0.39, 0.29) is 67.5 Å². The van der Waals surface area contributed by atoms with Gasteiger partial charge in [0, 0.05) is 0 Å². The molecule has 0 aromatic heterocycles. The maximum atomic E-state index is 8.36. The van der Waals surface area contributed by atoms with Crippen LogP contribution in [0.1, 0.15) is 0 Å². The van der Waals surface area contributed by atoms with Crippen LogP contribution in [0.3, 0.4) is 0 Å². The van der Waals surface area contributed by atoms with Crippen molar-refractivity contribution in [2.24, 2.45) is 0 Å². The van der Waals surface area contributed by atoms with Crippen LogP contribution < -0.4 is 0 Å². The van der Waals surface area contributed by atoms with E-state index in [1.807, 2.05) is 0 Å². The summed E-state index contributed by atoms with van der Waals surface area (Å²) in [4.78, 5) is 8.36. The van der Waals surface area contributed by atoms with Crippen LogP contribution in [0, 0.1) is 10.1 Å². The van der Waals surface area contributed by atoms with Crippen LogP contribution in [0.25, 0.3) is 0 Å². The molecule has 0 aliphatic heterocycles. The molecule has 4 nitrogen and oxygen atoms in total. The molecular formula is H7AlCaClNO3. The molecule has 0 aliphatic rings. The van der Waals surface area contributed by atoms with Crippen molar-refractivity contribution in [3.8, 4) is 0 Å². The summed E-state index contributed by atoms with van der Waals surface area (Å²) in [6.07, 6.45) is 0. The van der Waals surface area contributed by atoms with Gasteiger partial charge in [0.05, 0.1) is 0 Å². The number of halogens is 1. The zero-order chi connectivity index (χ0) is 3.58. The first-order chi connectivity index (χ1) is 1.73. The van der Waals surface area contributed by atoms with Gasteiger partial charge >= 0.3 is 37.7 Å². The van der Waals surface area contributed by atoms with Gasteiger partial charge in [-0.15, -0.1) is 22.5 Å². The van der Waals surface area contributed by atoms with Crippen LogP contribution in [-0.4, -0.2) is 65.4 Å². The van der Waals surface area contributed by atoms with Crippen LogP contribution in [-0.2, 0) is 0 Å². The van der Waals surface area contributed by atoms with E-state index in [2.05, 4.69) is 0 Å². The Morgan fingerprint density at radius 3 is 1.57 bits per heavy atom. The van der Waals surface area contributed by atoms with E-state index in [0.717, 1.165) is 0 Å². The quantitative estimate of drug-likeness (QED) is 0.260. The Balaban J connectivity index is -0.0000000150. The standard InChI is InChI=1S/Al.Ca.ClH.HNO3.5H/c;;;2-1(3)4;;;;;/h;;1H;(H,2,3,4);;;;;. The van der Waals surface area contributed by atoms with Crippen LogP contribution >= 0.6 is 12.4 Å². The Labute approximate surface area is 86.9 Å². The second kappa shape index (κ2) is 15.7. The zero-order valence-corrected chi connectivity index (χ0v) is 2.94. The Morgan fingerprint density at radius 2 is 1.57 bits per heavy atom. The van der Waals surface area contributed by atoms with Crippen molar-refractivity contribution in [3.05, 3.63) is 10.1 Å². The summed E-state index contributed by atoms with van der Waals surface area (Å²) in [7, 11) is 0. The van der Waals surface area contributed by atoms with Gasteiger partial charge < -0.3 is 5.21 Å². The summed E-state index contributed by atoms with van der Waals surface area (Å²) >= 11 is 0. The van der Waals surface area contributed by atoms with Gasteiger partial charge in [-0.25, -0.2) is 0 Å². The summed E-state index contributed by atoms with van der Waals surface area (Å²) < 4.78 is 0. The predicted octanol–water partition coefficient (Wildman–Crippen LogP) is -2.03. The third-order valence-electron chi connectivity index (χ3n) is 0. The van der Waals surface area contributed by atoms with Gasteiger partial charge in [0.25, 0.3) is 5.09 Å². The molecule has 0 saturated carbocycles. The van der Waals surface area contributed by atoms with Gasteiger partial charge in [-0.1, -0.05) is 0 Å². The van der Waals surface area contributed by atoms with Crippen LogP contribution in [0.2, 0.25) is 0 Å². The molecule has 0 rings (SSSR count). The van der Waals surface area contributed by atoms with E-state index in [9.17, 15) is 0 Å². The third kappa shape index (κ3) is 124. The number of nitrogens with zero attached hydrogens (tertiary/aromatic N) is 1. The molecule has 1 N–H and O–H groups in total. The topological polar surface area (TPSA) is 63.4 Å². The first kappa shape index (κ1) is 24.0. The molecule has 0 bridgehead atoms. The summed E-state index contributed by atoms with van der Waals surface area (Å²) in [6, 6.07) is 0. The first-order valence-corrected chi connectivity index (χ1v) is 0.565. The van der Waals surface area contributed by atoms with Crippen LogP contribution in [0.4, 0.5) is 0 Å². The minimum atomic E-state index is -1.50. The van der Waals surface area contributed by atoms with E-state index < -0.39 is 5.09 Å². The van der Waals surface area contributed by atoms with Crippen molar-refractivity contribution in [1.82, 2.24) is 0 Å². The van der Waals surface area contributed by atoms with Crippen molar-refractivity contribution >= 4 is 67.5 Å².